The highest BCUT2D eigenvalue weighted by Crippen LogP contribution is 2.34. The molecular weight excluding hydrogens is 328 g/mol. The molecule has 2 aromatic carbocycles. The lowest BCUT2D eigenvalue weighted by atomic mass is 10.2. The third-order valence-electron chi connectivity index (χ3n) is 4.00. The predicted molar refractivity (Wildman–Crippen MR) is 103 cm³/mol. The van der Waals surface area contributed by atoms with E-state index in [0.717, 1.165) is 17.7 Å². The van der Waals surface area contributed by atoms with E-state index in [-0.39, 0.29) is 0 Å². The third-order valence-corrected chi connectivity index (χ3v) is 4.00. The first kappa shape index (κ1) is 17.5. The molecule has 26 heavy (non-hydrogen) atoms. The smallest absolute Gasteiger partial charge is 0.248 e. The molecule has 6 nitrogen and oxygen atoms in total. The highest BCUT2D eigenvalue weighted by atomic mass is 16.5. The second kappa shape index (κ2) is 7.74. The number of anilines is 3. The molecule has 0 amide bonds. The van der Waals surface area contributed by atoms with Crippen LogP contribution in [0.5, 0.6) is 17.4 Å². The van der Waals surface area contributed by atoms with Gasteiger partial charge in [0.15, 0.2) is 5.82 Å². The van der Waals surface area contributed by atoms with E-state index in [0.29, 0.717) is 28.9 Å². The Morgan fingerprint density at radius 3 is 2.54 bits per heavy atom. The van der Waals surface area contributed by atoms with Crippen LogP contribution >= 0.6 is 0 Å². The fourth-order valence-corrected chi connectivity index (χ4v) is 2.51. The van der Waals surface area contributed by atoms with Gasteiger partial charge in [-0.05, 0) is 48.7 Å². The Kier molecular flexibility index (Phi) is 5.22. The number of nitrogens with two attached hydrogens (primary N) is 1. The van der Waals surface area contributed by atoms with E-state index >= 15 is 0 Å². The first-order valence-corrected chi connectivity index (χ1v) is 8.39. The Bertz CT molecular complexity index is 895. The topological polar surface area (TPSA) is 82.3 Å². The van der Waals surface area contributed by atoms with Gasteiger partial charge in [0.1, 0.15) is 23.5 Å². The van der Waals surface area contributed by atoms with Crippen molar-refractivity contribution >= 4 is 17.2 Å². The molecule has 6 heteroatoms. The summed E-state index contributed by atoms with van der Waals surface area (Å²) in [6.07, 6.45) is 2.39. The largest absolute Gasteiger partial charge is 0.495 e. The number of ether oxygens (including phenoxy) is 2. The average molecular weight is 350 g/mol. The minimum Gasteiger partial charge on any atom is -0.495 e. The number of rotatable bonds is 6. The Balaban J connectivity index is 1.86. The maximum Gasteiger partial charge on any atom is 0.248 e. The zero-order valence-electron chi connectivity index (χ0n) is 15.1. The summed E-state index contributed by atoms with van der Waals surface area (Å²) < 4.78 is 11.2. The Morgan fingerprint density at radius 1 is 1.08 bits per heavy atom. The van der Waals surface area contributed by atoms with Gasteiger partial charge in [0.05, 0.1) is 12.8 Å². The molecule has 3 N–H and O–H groups in total. The van der Waals surface area contributed by atoms with Gasteiger partial charge in [-0.15, -0.1) is 0 Å². The van der Waals surface area contributed by atoms with Crippen LogP contribution < -0.4 is 20.5 Å². The van der Waals surface area contributed by atoms with Gasteiger partial charge in [0, 0.05) is 0 Å². The number of aryl methyl sites for hydroxylation is 2. The molecule has 1 heterocycles. The highest BCUT2D eigenvalue weighted by Gasteiger charge is 2.13. The maximum absolute atomic E-state index is 6.21. The number of aromatic nitrogens is 2. The number of benzene rings is 2. The molecule has 3 aromatic rings. The first-order chi connectivity index (χ1) is 12.6. The molecular formula is C20H22N4O2. The highest BCUT2D eigenvalue weighted by molar-refractivity contribution is 5.75. The van der Waals surface area contributed by atoms with Gasteiger partial charge in [-0.2, -0.15) is 4.98 Å². The first-order valence-electron chi connectivity index (χ1n) is 8.39. The van der Waals surface area contributed by atoms with Gasteiger partial charge in [-0.3, -0.25) is 0 Å². The van der Waals surface area contributed by atoms with E-state index < -0.39 is 0 Å². The summed E-state index contributed by atoms with van der Waals surface area (Å²) in [4.78, 5) is 8.37. The van der Waals surface area contributed by atoms with E-state index in [4.69, 9.17) is 15.2 Å². The van der Waals surface area contributed by atoms with Gasteiger partial charge in [-0.25, -0.2) is 4.98 Å². The van der Waals surface area contributed by atoms with Gasteiger partial charge < -0.3 is 20.5 Å². The van der Waals surface area contributed by atoms with Crippen molar-refractivity contribution in [3.63, 3.8) is 0 Å². The van der Waals surface area contributed by atoms with E-state index in [1.54, 1.807) is 7.11 Å². The SMILES string of the molecule is CCc1ccc(Oc2ncnc(Nc3cc(C)ccc3OC)c2N)cc1. The van der Waals surface area contributed by atoms with Crippen LogP contribution in [0.1, 0.15) is 18.1 Å². The summed E-state index contributed by atoms with van der Waals surface area (Å²) in [6, 6.07) is 13.7. The van der Waals surface area contributed by atoms with Gasteiger partial charge in [0.25, 0.3) is 0 Å². The number of nitrogens with one attached hydrogen (secondary N) is 1. The van der Waals surface area contributed by atoms with E-state index in [1.165, 1.54) is 11.9 Å². The monoisotopic (exact) mass is 350 g/mol. The minimum atomic E-state index is 0.304. The molecule has 0 bridgehead atoms. The van der Waals surface area contributed by atoms with Crippen LogP contribution in [0.4, 0.5) is 17.2 Å². The van der Waals surface area contributed by atoms with Gasteiger partial charge in [0.2, 0.25) is 5.88 Å². The number of hydrogen-bond acceptors (Lipinski definition) is 6. The van der Waals surface area contributed by atoms with Crippen molar-refractivity contribution in [2.75, 3.05) is 18.2 Å². The van der Waals surface area contributed by atoms with Crippen molar-refractivity contribution in [1.29, 1.82) is 0 Å². The van der Waals surface area contributed by atoms with E-state index in [1.807, 2.05) is 49.4 Å². The van der Waals surface area contributed by atoms with Crippen LogP contribution in [0.15, 0.2) is 48.8 Å². The normalized spacial score (nSPS) is 10.4. The molecule has 0 aliphatic heterocycles. The van der Waals surface area contributed by atoms with Crippen LogP contribution in [-0.2, 0) is 6.42 Å². The van der Waals surface area contributed by atoms with Crippen LogP contribution in [-0.4, -0.2) is 17.1 Å². The minimum absolute atomic E-state index is 0.304. The lowest BCUT2D eigenvalue weighted by Crippen LogP contribution is -2.04. The predicted octanol–water partition coefficient (Wildman–Crippen LogP) is 4.47. The molecule has 0 atom stereocenters. The third kappa shape index (κ3) is 3.85. The standard InChI is InChI=1S/C20H22N4O2/c1-4-14-6-8-15(9-7-14)26-20-18(21)19(22-12-23-20)24-16-11-13(2)5-10-17(16)25-3/h5-12H,4,21H2,1-3H3,(H,22,23,24). The second-order valence-corrected chi connectivity index (χ2v) is 5.87. The van der Waals surface area contributed by atoms with Crippen molar-refractivity contribution in [2.24, 2.45) is 0 Å². The number of hydrogen-bond donors (Lipinski definition) is 2. The molecule has 134 valence electrons. The summed E-state index contributed by atoms with van der Waals surface area (Å²) in [5.74, 6) is 2.14. The fraction of sp³-hybridized carbons (Fsp3) is 0.200. The van der Waals surface area contributed by atoms with E-state index in [2.05, 4.69) is 22.2 Å². The molecule has 0 spiro atoms. The summed E-state index contributed by atoms with van der Waals surface area (Å²) >= 11 is 0. The number of nitrogens with zero attached hydrogens (tertiary/aromatic N) is 2. The van der Waals surface area contributed by atoms with Crippen molar-refractivity contribution in [1.82, 2.24) is 9.97 Å². The average Bonchev–Trinajstić information content (AvgIpc) is 2.66. The zero-order valence-corrected chi connectivity index (χ0v) is 15.1. The maximum atomic E-state index is 6.21. The van der Waals surface area contributed by atoms with Crippen LogP contribution in [0, 0.1) is 6.92 Å². The molecule has 0 fully saturated rings. The van der Waals surface area contributed by atoms with E-state index in [9.17, 15) is 0 Å². The Labute approximate surface area is 153 Å². The van der Waals surface area contributed by atoms with Crippen LogP contribution in [0.2, 0.25) is 0 Å². The fourth-order valence-electron chi connectivity index (χ4n) is 2.51. The Morgan fingerprint density at radius 2 is 1.85 bits per heavy atom. The zero-order chi connectivity index (χ0) is 18.5. The summed E-state index contributed by atoms with van der Waals surface area (Å²) in [6.45, 7) is 4.11. The number of nitrogen functional groups attached to an aromatic ring is 1. The molecule has 0 aliphatic carbocycles. The van der Waals surface area contributed by atoms with Crippen molar-refractivity contribution < 1.29 is 9.47 Å². The summed E-state index contributed by atoms with van der Waals surface area (Å²) in [7, 11) is 1.62. The van der Waals surface area contributed by atoms with Crippen molar-refractivity contribution in [3.8, 4) is 17.4 Å². The van der Waals surface area contributed by atoms with Crippen LogP contribution in [0.3, 0.4) is 0 Å². The summed E-state index contributed by atoms with van der Waals surface area (Å²) in [5.41, 5.74) is 9.64. The van der Waals surface area contributed by atoms with Crippen molar-refractivity contribution in [2.45, 2.75) is 20.3 Å². The lowest BCUT2D eigenvalue weighted by Gasteiger charge is -2.14. The molecule has 0 aliphatic rings. The molecule has 0 unspecified atom stereocenters. The molecule has 1 aromatic heterocycles. The Hall–Kier alpha value is -3.28. The van der Waals surface area contributed by atoms with Crippen molar-refractivity contribution in [3.05, 3.63) is 59.9 Å². The van der Waals surface area contributed by atoms with Crippen LogP contribution in [0.25, 0.3) is 0 Å². The molecule has 0 radical (unpaired) electrons. The van der Waals surface area contributed by atoms with Gasteiger partial charge >= 0.3 is 0 Å². The second-order valence-electron chi connectivity index (χ2n) is 5.87. The molecule has 0 saturated heterocycles. The summed E-state index contributed by atoms with van der Waals surface area (Å²) in [5, 5.41) is 3.20. The quantitative estimate of drug-likeness (QED) is 0.682. The molecule has 0 saturated carbocycles. The lowest BCUT2D eigenvalue weighted by molar-refractivity contribution is 0.416. The molecule has 3 rings (SSSR count). The van der Waals surface area contributed by atoms with Gasteiger partial charge in [-0.1, -0.05) is 25.1 Å². The number of methoxy groups -OCH3 is 1.